The molecule has 1 saturated heterocycles. The van der Waals surface area contributed by atoms with Gasteiger partial charge in [-0.25, -0.2) is 14.8 Å². The lowest BCUT2D eigenvalue weighted by Gasteiger charge is -2.28. The van der Waals surface area contributed by atoms with Crippen molar-refractivity contribution in [1.82, 2.24) is 20.2 Å². The van der Waals surface area contributed by atoms with Gasteiger partial charge in [-0.15, -0.1) is 0 Å². The molecule has 1 N–H and O–H groups in total. The van der Waals surface area contributed by atoms with Crippen LogP contribution >= 0.6 is 0 Å². The number of amides is 1. The van der Waals surface area contributed by atoms with Gasteiger partial charge in [0.15, 0.2) is 0 Å². The number of ether oxygens (including phenoxy) is 1. The summed E-state index contributed by atoms with van der Waals surface area (Å²) >= 11 is 0. The van der Waals surface area contributed by atoms with Crippen molar-refractivity contribution in [2.24, 2.45) is 0 Å². The minimum absolute atomic E-state index is 0.218. The molecule has 23 heavy (non-hydrogen) atoms. The Bertz CT molecular complexity index is 528. The van der Waals surface area contributed by atoms with Gasteiger partial charge in [0.2, 0.25) is 0 Å². The average molecular weight is 320 g/mol. The molecule has 1 atom stereocenters. The molecule has 1 amide bonds. The highest BCUT2D eigenvalue weighted by atomic mass is 16.6. The van der Waals surface area contributed by atoms with Gasteiger partial charge in [-0.05, 0) is 46.6 Å². The number of rotatable bonds is 3. The summed E-state index contributed by atoms with van der Waals surface area (Å²) in [6.45, 7) is 9.72. The molecule has 0 aromatic carbocycles. The molecule has 128 valence electrons. The van der Waals surface area contributed by atoms with E-state index in [1.165, 1.54) is 0 Å². The number of nitrogens with one attached hydrogen (secondary N) is 1. The maximum absolute atomic E-state index is 12.3. The van der Waals surface area contributed by atoms with E-state index in [1.54, 1.807) is 6.20 Å². The Hall–Kier alpha value is -1.69. The third-order valence-electron chi connectivity index (χ3n) is 3.73. The van der Waals surface area contributed by atoms with Gasteiger partial charge in [-0.3, -0.25) is 0 Å². The molecule has 0 bridgehead atoms. The number of nitrogens with zero attached hydrogens (tertiary/aromatic N) is 3. The molecule has 1 aliphatic rings. The van der Waals surface area contributed by atoms with Crippen LogP contribution in [0.2, 0.25) is 0 Å². The van der Waals surface area contributed by atoms with Crippen molar-refractivity contribution < 1.29 is 9.53 Å². The normalized spacial score (nSPS) is 19.3. The van der Waals surface area contributed by atoms with E-state index in [1.807, 2.05) is 38.7 Å². The second-order valence-electron chi connectivity index (χ2n) is 7.10. The number of aryl methyl sites for hydroxylation is 1. The number of hydrogen-bond donors (Lipinski definition) is 1. The van der Waals surface area contributed by atoms with Gasteiger partial charge < -0.3 is 15.0 Å². The highest BCUT2D eigenvalue weighted by molar-refractivity contribution is 5.68. The lowest BCUT2D eigenvalue weighted by atomic mass is 10.1. The highest BCUT2D eigenvalue weighted by Crippen LogP contribution is 2.15. The summed E-state index contributed by atoms with van der Waals surface area (Å²) < 4.78 is 5.50. The van der Waals surface area contributed by atoms with Gasteiger partial charge in [0.1, 0.15) is 11.4 Å². The summed E-state index contributed by atoms with van der Waals surface area (Å²) in [5.74, 6) is 0.778. The SMILES string of the molecule is Cc1nccc(CNC2CCCCN(C(=O)OC(C)(C)C)C2)n1. The second kappa shape index (κ2) is 7.73. The van der Waals surface area contributed by atoms with Gasteiger partial charge in [0.05, 0.1) is 5.69 Å². The number of hydrogen-bond acceptors (Lipinski definition) is 5. The lowest BCUT2D eigenvalue weighted by molar-refractivity contribution is 0.0243. The molecule has 0 spiro atoms. The molecule has 6 nitrogen and oxygen atoms in total. The second-order valence-corrected chi connectivity index (χ2v) is 7.10. The van der Waals surface area contributed by atoms with Crippen LogP contribution in [0.5, 0.6) is 0 Å². The third-order valence-corrected chi connectivity index (χ3v) is 3.73. The van der Waals surface area contributed by atoms with Crippen LogP contribution in [0.3, 0.4) is 0 Å². The van der Waals surface area contributed by atoms with Crippen molar-refractivity contribution in [3.63, 3.8) is 0 Å². The van der Waals surface area contributed by atoms with Crippen molar-refractivity contribution in [2.75, 3.05) is 13.1 Å². The van der Waals surface area contributed by atoms with Crippen LogP contribution in [-0.2, 0) is 11.3 Å². The first-order valence-electron chi connectivity index (χ1n) is 8.33. The van der Waals surface area contributed by atoms with Gasteiger partial charge in [0, 0.05) is 31.9 Å². The summed E-state index contributed by atoms with van der Waals surface area (Å²) in [7, 11) is 0. The summed E-state index contributed by atoms with van der Waals surface area (Å²) in [6, 6.07) is 2.18. The van der Waals surface area contributed by atoms with Crippen LogP contribution in [-0.4, -0.2) is 45.7 Å². The zero-order valence-electron chi connectivity index (χ0n) is 14.6. The predicted molar refractivity (Wildman–Crippen MR) is 89.1 cm³/mol. The fourth-order valence-electron chi connectivity index (χ4n) is 2.65. The van der Waals surface area contributed by atoms with Crippen molar-refractivity contribution in [3.8, 4) is 0 Å². The highest BCUT2D eigenvalue weighted by Gasteiger charge is 2.26. The zero-order valence-corrected chi connectivity index (χ0v) is 14.6. The van der Waals surface area contributed by atoms with E-state index in [2.05, 4.69) is 15.3 Å². The molecular weight excluding hydrogens is 292 g/mol. The summed E-state index contributed by atoms with van der Waals surface area (Å²) in [4.78, 5) is 22.6. The fraction of sp³-hybridized carbons (Fsp3) is 0.706. The number of likely N-dealkylation sites (tertiary alicyclic amines) is 1. The molecule has 1 unspecified atom stereocenters. The molecule has 1 fully saturated rings. The van der Waals surface area contributed by atoms with Crippen molar-refractivity contribution in [3.05, 3.63) is 23.8 Å². The first-order chi connectivity index (χ1) is 10.8. The molecule has 0 radical (unpaired) electrons. The Kier molecular flexibility index (Phi) is 5.93. The van der Waals surface area contributed by atoms with Gasteiger partial charge >= 0.3 is 6.09 Å². The maximum Gasteiger partial charge on any atom is 0.410 e. The predicted octanol–water partition coefficient (Wildman–Crippen LogP) is 2.66. The van der Waals surface area contributed by atoms with E-state index >= 15 is 0 Å². The van der Waals surface area contributed by atoms with Gasteiger partial charge in [0.25, 0.3) is 0 Å². The molecule has 1 aromatic heterocycles. The van der Waals surface area contributed by atoms with Crippen LogP contribution < -0.4 is 5.32 Å². The molecule has 6 heteroatoms. The van der Waals surface area contributed by atoms with Crippen molar-refractivity contribution >= 4 is 6.09 Å². The van der Waals surface area contributed by atoms with E-state index in [9.17, 15) is 4.79 Å². The minimum Gasteiger partial charge on any atom is -0.444 e. The van der Waals surface area contributed by atoms with Crippen LogP contribution in [0.15, 0.2) is 12.3 Å². The largest absolute Gasteiger partial charge is 0.444 e. The summed E-state index contributed by atoms with van der Waals surface area (Å²) in [5, 5.41) is 3.51. The third kappa shape index (κ3) is 6.14. The van der Waals surface area contributed by atoms with E-state index < -0.39 is 5.60 Å². The van der Waals surface area contributed by atoms with Crippen LogP contribution in [0.1, 0.15) is 51.6 Å². The Morgan fingerprint density at radius 1 is 1.43 bits per heavy atom. The van der Waals surface area contributed by atoms with Gasteiger partial charge in [-0.1, -0.05) is 6.42 Å². The lowest BCUT2D eigenvalue weighted by Crippen LogP contribution is -2.44. The van der Waals surface area contributed by atoms with E-state index in [0.29, 0.717) is 13.1 Å². The Morgan fingerprint density at radius 2 is 2.22 bits per heavy atom. The number of carbonyl (C=O) groups is 1. The van der Waals surface area contributed by atoms with Crippen molar-refractivity contribution in [2.45, 2.75) is 65.1 Å². The number of carbonyl (C=O) groups excluding carboxylic acids is 1. The smallest absolute Gasteiger partial charge is 0.410 e. The van der Waals surface area contributed by atoms with Gasteiger partial charge in [-0.2, -0.15) is 0 Å². The topological polar surface area (TPSA) is 67.4 Å². The fourth-order valence-corrected chi connectivity index (χ4v) is 2.65. The van der Waals surface area contributed by atoms with E-state index in [4.69, 9.17) is 4.74 Å². The maximum atomic E-state index is 12.3. The Labute approximate surface area is 138 Å². The molecule has 0 aliphatic carbocycles. The first-order valence-corrected chi connectivity index (χ1v) is 8.33. The molecule has 2 heterocycles. The monoisotopic (exact) mass is 320 g/mol. The standard InChI is InChI=1S/C17H28N4O2/c1-13-18-9-8-14(20-13)11-19-15-7-5-6-10-21(12-15)16(22)23-17(2,3)4/h8-9,15,19H,5-7,10-12H2,1-4H3. The van der Waals surface area contributed by atoms with Crippen molar-refractivity contribution in [1.29, 1.82) is 0 Å². The minimum atomic E-state index is -0.454. The summed E-state index contributed by atoms with van der Waals surface area (Å²) in [5.41, 5.74) is 0.524. The zero-order chi connectivity index (χ0) is 16.9. The number of aromatic nitrogens is 2. The van der Waals surface area contributed by atoms with Crippen LogP contribution in [0.4, 0.5) is 4.79 Å². The Morgan fingerprint density at radius 3 is 2.91 bits per heavy atom. The summed E-state index contributed by atoms with van der Waals surface area (Å²) in [6.07, 6.45) is 4.75. The Balaban J connectivity index is 1.90. The molecule has 2 rings (SSSR count). The van der Waals surface area contributed by atoms with E-state index in [-0.39, 0.29) is 12.1 Å². The molecule has 1 aliphatic heterocycles. The van der Waals surface area contributed by atoms with Crippen LogP contribution in [0.25, 0.3) is 0 Å². The molecule has 1 aromatic rings. The van der Waals surface area contributed by atoms with Crippen LogP contribution in [0, 0.1) is 6.92 Å². The molecular formula is C17H28N4O2. The quantitative estimate of drug-likeness (QED) is 0.927. The van der Waals surface area contributed by atoms with E-state index in [0.717, 1.165) is 37.3 Å². The average Bonchev–Trinajstić information content (AvgIpc) is 2.69. The first kappa shape index (κ1) is 17.7. The molecule has 0 saturated carbocycles.